The predicted octanol–water partition coefficient (Wildman–Crippen LogP) is 1.68. The minimum atomic E-state index is -3.44. The van der Waals surface area contributed by atoms with Crippen LogP contribution in [-0.4, -0.2) is 69.5 Å². The van der Waals surface area contributed by atoms with Gasteiger partial charge in [-0.1, -0.05) is 30.3 Å². The second kappa shape index (κ2) is 11.5. The van der Waals surface area contributed by atoms with Crippen LogP contribution in [0.1, 0.15) is 24.8 Å². The minimum Gasteiger partial charge on any atom is -0.354 e. The molecule has 2 aliphatic heterocycles. The Morgan fingerprint density at radius 3 is 2.48 bits per heavy atom. The van der Waals surface area contributed by atoms with E-state index in [1.165, 1.54) is 11.8 Å². The van der Waals surface area contributed by atoms with E-state index in [2.05, 4.69) is 39.8 Å². The highest BCUT2D eigenvalue weighted by Gasteiger charge is 2.48. The van der Waals surface area contributed by atoms with Crippen molar-refractivity contribution < 1.29 is 13.2 Å². The number of benzene rings is 1. The van der Waals surface area contributed by atoms with Crippen molar-refractivity contribution >= 4 is 40.6 Å². The SMILES string of the molecule is CS(=O)(=O)C1(C(=O)NCC2CCN(CCc3ccccc3)C2)CCNCC1.Cl.Cl. The van der Waals surface area contributed by atoms with E-state index in [1.54, 1.807) is 0 Å². The third kappa shape index (κ3) is 6.56. The Hall–Kier alpha value is -0.860. The second-order valence-electron chi connectivity index (χ2n) is 7.92. The highest BCUT2D eigenvalue weighted by atomic mass is 35.5. The van der Waals surface area contributed by atoms with Crippen LogP contribution in [0.25, 0.3) is 0 Å². The van der Waals surface area contributed by atoms with Gasteiger partial charge in [-0.2, -0.15) is 0 Å². The average molecular weight is 466 g/mol. The van der Waals surface area contributed by atoms with Crippen molar-refractivity contribution in [2.75, 3.05) is 45.5 Å². The van der Waals surface area contributed by atoms with Crippen LogP contribution in [-0.2, 0) is 21.1 Å². The van der Waals surface area contributed by atoms with E-state index in [1.807, 2.05) is 6.07 Å². The monoisotopic (exact) mass is 465 g/mol. The van der Waals surface area contributed by atoms with Gasteiger partial charge in [-0.3, -0.25) is 4.79 Å². The molecule has 2 aliphatic rings. The van der Waals surface area contributed by atoms with Gasteiger partial charge in [-0.15, -0.1) is 24.8 Å². The summed E-state index contributed by atoms with van der Waals surface area (Å²) in [7, 11) is -3.44. The van der Waals surface area contributed by atoms with Crippen LogP contribution in [0, 0.1) is 5.92 Å². The molecule has 3 rings (SSSR count). The zero-order valence-electron chi connectivity index (χ0n) is 16.9. The van der Waals surface area contributed by atoms with E-state index >= 15 is 0 Å². The number of rotatable bonds is 7. The summed E-state index contributed by atoms with van der Waals surface area (Å²) in [5, 5.41) is 6.11. The van der Waals surface area contributed by atoms with E-state index in [0.29, 0.717) is 38.4 Å². The third-order valence-corrected chi connectivity index (χ3v) is 8.03. The molecule has 0 bridgehead atoms. The van der Waals surface area contributed by atoms with Gasteiger partial charge in [0.25, 0.3) is 0 Å². The first-order chi connectivity index (χ1) is 12.9. The topological polar surface area (TPSA) is 78.5 Å². The van der Waals surface area contributed by atoms with Gasteiger partial charge in [0.15, 0.2) is 14.6 Å². The van der Waals surface area contributed by atoms with E-state index in [-0.39, 0.29) is 30.7 Å². The molecule has 0 saturated carbocycles. The molecule has 0 aromatic heterocycles. The van der Waals surface area contributed by atoms with Crippen molar-refractivity contribution in [1.29, 1.82) is 0 Å². The lowest BCUT2D eigenvalue weighted by atomic mass is 9.95. The zero-order chi connectivity index (χ0) is 19.3. The van der Waals surface area contributed by atoms with Crippen molar-refractivity contribution in [3.05, 3.63) is 35.9 Å². The lowest BCUT2D eigenvalue weighted by Gasteiger charge is -2.34. The predicted molar refractivity (Wildman–Crippen MR) is 122 cm³/mol. The zero-order valence-corrected chi connectivity index (χ0v) is 19.4. The number of sulfone groups is 1. The number of hydrogen-bond donors (Lipinski definition) is 2. The van der Waals surface area contributed by atoms with Crippen LogP contribution in [0.5, 0.6) is 0 Å². The number of piperidine rings is 1. The summed E-state index contributed by atoms with van der Waals surface area (Å²) in [5.41, 5.74) is 1.34. The van der Waals surface area contributed by atoms with Gasteiger partial charge >= 0.3 is 0 Å². The molecule has 0 spiro atoms. The molecule has 1 aromatic rings. The van der Waals surface area contributed by atoms with Gasteiger partial charge in [0.1, 0.15) is 0 Å². The van der Waals surface area contributed by atoms with Gasteiger partial charge in [0.05, 0.1) is 0 Å². The number of carbonyl (C=O) groups excluding carboxylic acids is 1. The van der Waals surface area contributed by atoms with Crippen molar-refractivity contribution in [3.8, 4) is 0 Å². The Morgan fingerprint density at radius 1 is 1.21 bits per heavy atom. The summed E-state index contributed by atoms with van der Waals surface area (Å²) in [4.78, 5) is 15.2. The molecule has 1 unspecified atom stereocenters. The molecule has 29 heavy (non-hydrogen) atoms. The fraction of sp³-hybridized carbons (Fsp3) is 0.650. The smallest absolute Gasteiger partial charge is 0.241 e. The molecular formula is C20H33Cl2N3O3S. The lowest BCUT2D eigenvalue weighted by molar-refractivity contribution is -0.124. The van der Waals surface area contributed by atoms with Crippen LogP contribution in [0.2, 0.25) is 0 Å². The first-order valence-electron chi connectivity index (χ1n) is 9.86. The largest absolute Gasteiger partial charge is 0.354 e. The summed E-state index contributed by atoms with van der Waals surface area (Å²) < 4.78 is 23.4. The standard InChI is InChI=1S/C20H31N3O3S.2ClH/c1-27(25,26)20(9-11-21-12-10-20)19(24)22-15-18-8-14-23(16-18)13-7-17-5-3-2-4-6-17;;/h2-6,18,21H,7-16H2,1H3,(H,22,24);2*1H. The van der Waals surface area contributed by atoms with Gasteiger partial charge in [0.2, 0.25) is 5.91 Å². The molecule has 166 valence electrons. The van der Waals surface area contributed by atoms with E-state index < -0.39 is 14.6 Å². The van der Waals surface area contributed by atoms with Crippen molar-refractivity contribution in [2.45, 2.75) is 30.4 Å². The van der Waals surface area contributed by atoms with Gasteiger partial charge in [-0.25, -0.2) is 8.42 Å². The first-order valence-corrected chi connectivity index (χ1v) is 11.7. The maximum atomic E-state index is 12.8. The minimum absolute atomic E-state index is 0. The number of nitrogens with one attached hydrogen (secondary N) is 2. The molecule has 6 nitrogen and oxygen atoms in total. The van der Waals surface area contributed by atoms with Gasteiger partial charge in [-0.05, 0) is 56.8 Å². The van der Waals surface area contributed by atoms with Crippen LogP contribution in [0.3, 0.4) is 0 Å². The molecule has 1 aromatic carbocycles. The number of hydrogen-bond acceptors (Lipinski definition) is 5. The second-order valence-corrected chi connectivity index (χ2v) is 10.2. The lowest BCUT2D eigenvalue weighted by Crippen LogP contribution is -2.57. The number of amides is 1. The molecule has 0 radical (unpaired) electrons. The highest BCUT2D eigenvalue weighted by Crippen LogP contribution is 2.28. The maximum Gasteiger partial charge on any atom is 0.241 e. The Bertz CT molecular complexity index is 741. The Labute approximate surface area is 186 Å². The Kier molecular flexibility index (Phi) is 10.4. The molecule has 2 heterocycles. The van der Waals surface area contributed by atoms with Gasteiger partial charge in [0, 0.05) is 25.9 Å². The summed E-state index contributed by atoms with van der Waals surface area (Å²) in [6.07, 6.45) is 3.97. The molecule has 9 heteroatoms. The van der Waals surface area contributed by atoms with E-state index in [0.717, 1.165) is 32.5 Å². The number of carbonyl (C=O) groups is 1. The number of halogens is 2. The summed E-state index contributed by atoms with van der Waals surface area (Å²) in [6.45, 7) is 4.71. The maximum absolute atomic E-state index is 12.8. The third-order valence-electron chi connectivity index (χ3n) is 6.02. The quantitative estimate of drug-likeness (QED) is 0.640. The fourth-order valence-electron chi connectivity index (χ4n) is 4.21. The molecule has 2 N–H and O–H groups in total. The summed E-state index contributed by atoms with van der Waals surface area (Å²) in [5.74, 6) is 0.0808. The van der Waals surface area contributed by atoms with Gasteiger partial charge < -0.3 is 15.5 Å². The van der Waals surface area contributed by atoms with Crippen LogP contribution in [0.15, 0.2) is 30.3 Å². The van der Waals surface area contributed by atoms with Crippen molar-refractivity contribution in [3.63, 3.8) is 0 Å². The molecular weight excluding hydrogens is 433 g/mol. The highest BCUT2D eigenvalue weighted by molar-refractivity contribution is 7.92. The molecule has 2 saturated heterocycles. The molecule has 1 amide bonds. The molecule has 0 aliphatic carbocycles. The van der Waals surface area contributed by atoms with Crippen LogP contribution in [0.4, 0.5) is 0 Å². The number of nitrogens with zero attached hydrogens (tertiary/aromatic N) is 1. The number of likely N-dealkylation sites (tertiary alicyclic amines) is 1. The van der Waals surface area contributed by atoms with Crippen molar-refractivity contribution in [1.82, 2.24) is 15.5 Å². The van der Waals surface area contributed by atoms with Crippen LogP contribution < -0.4 is 10.6 Å². The van der Waals surface area contributed by atoms with E-state index in [4.69, 9.17) is 0 Å². The average Bonchev–Trinajstić information content (AvgIpc) is 3.13. The van der Waals surface area contributed by atoms with Crippen LogP contribution >= 0.6 is 24.8 Å². The molecule has 2 fully saturated rings. The van der Waals surface area contributed by atoms with E-state index in [9.17, 15) is 13.2 Å². The summed E-state index contributed by atoms with van der Waals surface area (Å²) in [6, 6.07) is 10.5. The molecule has 1 atom stereocenters. The normalized spacial score (nSPS) is 21.6. The van der Waals surface area contributed by atoms with Crippen molar-refractivity contribution in [2.24, 2.45) is 5.92 Å². The Morgan fingerprint density at radius 2 is 1.86 bits per heavy atom. The fourth-order valence-corrected chi connectivity index (χ4v) is 5.56. The first kappa shape index (κ1) is 26.2. The summed E-state index contributed by atoms with van der Waals surface area (Å²) >= 11 is 0. The Balaban J connectivity index is 0.00000210.